The van der Waals surface area contributed by atoms with Gasteiger partial charge < -0.3 is 14.6 Å². The van der Waals surface area contributed by atoms with Crippen LogP contribution in [0.1, 0.15) is 23.4 Å². The van der Waals surface area contributed by atoms with Crippen LogP contribution >= 0.6 is 0 Å². The molecule has 4 rings (SSSR count). The van der Waals surface area contributed by atoms with Crippen LogP contribution in [0.5, 0.6) is 0 Å². The lowest BCUT2D eigenvalue weighted by Gasteiger charge is -2.23. The molecule has 0 bridgehead atoms. The summed E-state index contributed by atoms with van der Waals surface area (Å²) in [6.07, 6.45) is 5.94. The average molecular weight is 351 g/mol. The number of nitrogens with one attached hydrogen (secondary N) is 1. The van der Waals surface area contributed by atoms with Gasteiger partial charge in [0, 0.05) is 12.2 Å². The van der Waals surface area contributed by atoms with Crippen LogP contribution in [0, 0.1) is 0 Å². The number of carbonyl (C=O) groups excluding carboxylic acids is 2. The number of carbonyl (C=O) groups is 2. The SMILES string of the molecule is O=C(Nc1ccc(-n2cncn2)cc1)C1CCCN1C(=O)c1ccco1. The molecule has 132 valence electrons. The quantitative estimate of drug-likeness (QED) is 0.777. The smallest absolute Gasteiger partial charge is 0.290 e. The molecule has 0 aliphatic carbocycles. The number of anilines is 1. The maximum Gasteiger partial charge on any atom is 0.290 e. The minimum absolute atomic E-state index is 0.198. The number of likely N-dealkylation sites (tertiary alicyclic amines) is 1. The van der Waals surface area contributed by atoms with Crippen molar-refractivity contribution in [1.29, 1.82) is 0 Å². The summed E-state index contributed by atoms with van der Waals surface area (Å²) >= 11 is 0. The van der Waals surface area contributed by atoms with Crippen LogP contribution in [0.2, 0.25) is 0 Å². The van der Waals surface area contributed by atoms with E-state index >= 15 is 0 Å². The van der Waals surface area contributed by atoms with Gasteiger partial charge in [0.05, 0.1) is 12.0 Å². The van der Waals surface area contributed by atoms with Crippen molar-refractivity contribution in [1.82, 2.24) is 19.7 Å². The second-order valence-corrected chi connectivity index (χ2v) is 6.01. The van der Waals surface area contributed by atoms with Crippen molar-refractivity contribution in [3.63, 3.8) is 0 Å². The summed E-state index contributed by atoms with van der Waals surface area (Å²) in [6, 6.07) is 10.0. The van der Waals surface area contributed by atoms with E-state index in [0.29, 0.717) is 18.7 Å². The highest BCUT2D eigenvalue weighted by atomic mass is 16.3. The maximum atomic E-state index is 12.6. The van der Waals surface area contributed by atoms with Crippen LogP contribution < -0.4 is 5.32 Å². The Morgan fingerprint density at radius 2 is 2.04 bits per heavy atom. The van der Waals surface area contributed by atoms with E-state index in [2.05, 4.69) is 15.4 Å². The molecule has 1 unspecified atom stereocenters. The van der Waals surface area contributed by atoms with Crippen LogP contribution in [0.15, 0.2) is 59.7 Å². The van der Waals surface area contributed by atoms with E-state index in [0.717, 1.165) is 12.1 Å². The first-order valence-corrected chi connectivity index (χ1v) is 8.33. The summed E-state index contributed by atoms with van der Waals surface area (Å²) in [4.78, 5) is 30.6. The van der Waals surface area contributed by atoms with E-state index in [1.54, 1.807) is 40.2 Å². The Morgan fingerprint density at radius 1 is 1.19 bits per heavy atom. The lowest BCUT2D eigenvalue weighted by Crippen LogP contribution is -2.43. The zero-order valence-corrected chi connectivity index (χ0v) is 13.9. The largest absolute Gasteiger partial charge is 0.459 e. The van der Waals surface area contributed by atoms with E-state index in [1.165, 1.54) is 12.6 Å². The standard InChI is InChI=1S/C18H17N5O3/c24-17(15-3-1-9-22(15)18(25)16-4-2-10-26-16)21-13-5-7-14(8-6-13)23-12-19-11-20-23/h2,4-8,10-12,15H,1,3,9H2,(H,21,24). The minimum Gasteiger partial charge on any atom is -0.459 e. The summed E-state index contributed by atoms with van der Waals surface area (Å²) < 4.78 is 6.80. The maximum absolute atomic E-state index is 12.6. The average Bonchev–Trinajstić information content (AvgIpc) is 3.44. The summed E-state index contributed by atoms with van der Waals surface area (Å²) in [7, 11) is 0. The zero-order valence-electron chi connectivity index (χ0n) is 13.9. The molecule has 8 nitrogen and oxygen atoms in total. The summed E-state index contributed by atoms with van der Waals surface area (Å²) in [5.74, 6) is -0.202. The van der Waals surface area contributed by atoms with Gasteiger partial charge >= 0.3 is 0 Å². The molecule has 1 aliphatic heterocycles. The molecule has 1 aliphatic rings. The monoisotopic (exact) mass is 351 g/mol. The van der Waals surface area contributed by atoms with Crippen LogP contribution in [0.3, 0.4) is 0 Å². The van der Waals surface area contributed by atoms with Crippen molar-refractivity contribution in [2.45, 2.75) is 18.9 Å². The topological polar surface area (TPSA) is 93.3 Å². The fourth-order valence-electron chi connectivity index (χ4n) is 3.09. The van der Waals surface area contributed by atoms with Crippen LogP contribution in [-0.2, 0) is 4.79 Å². The molecular weight excluding hydrogens is 334 g/mol. The fraction of sp³-hybridized carbons (Fsp3) is 0.222. The van der Waals surface area contributed by atoms with Gasteiger partial charge in [-0.15, -0.1) is 0 Å². The Kier molecular flexibility index (Phi) is 4.22. The zero-order chi connectivity index (χ0) is 17.9. The number of aromatic nitrogens is 3. The number of hydrogen-bond donors (Lipinski definition) is 1. The lowest BCUT2D eigenvalue weighted by atomic mass is 10.2. The second-order valence-electron chi connectivity index (χ2n) is 6.01. The van der Waals surface area contributed by atoms with Gasteiger partial charge in [0.25, 0.3) is 5.91 Å². The molecule has 1 N–H and O–H groups in total. The Hall–Kier alpha value is -3.42. The lowest BCUT2D eigenvalue weighted by molar-refractivity contribution is -0.119. The second kappa shape index (κ2) is 6.83. The van der Waals surface area contributed by atoms with Gasteiger partial charge in [-0.1, -0.05) is 0 Å². The number of rotatable bonds is 4. The van der Waals surface area contributed by atoms with Gasteiger partial charge in [0.2, 0.25) is 5.91 Å². The molecule has 1 atom stereocenters. The highest BCUT2D eigenvalue weighted by molar-refractivity contribution is 6.00. The summed E-state index contributed by atoms with van der Waals surface area (Å²) in [6.45, 7) is 0.545. The molecule has 3 heterocycles. The van der Waals surface area contributed by atoms with Crippen molar-refractivity contribution in [2.24, 2.45) is 0 Å². The predicted octanol–water partition coefficient (Wildman–Crippen LogP) is 2.10. The third kappa shape index (κ3) is 3.08. The Morgan fingerprint density at radius 3 is 2.73 bits per heavy atom. The van der Waals surface area contributed by atoms with Crippen molar-refractivity contribution in [2.75, 3.05) is 11.9 Å². The van der Waals surface area contributed by atoms with Crippen molar-refractivity contribution < 1.29 is 14.0 Å². The van der Waals surface area contributed by atoms with Gasteiger partial charge in [-0.2, -0.15) is 5.10 Å². The van der Waals surface area contributed by atoms with Crippen molar-refractivity contribution in [3.05, 3.63) is 61.1 Å². The van der Waals surface area contributed by atoms with E-state index in [-0.39, 0.29) is 17.6 Å². The first kappa shape index (κ1) is 16.1. The number of hydrogen-bond acceptors (Lipinski definition) is 5. The summed E-state index contributed by atoms with van der Waals surface area (Å²) in [5.41, 5.74) is 1.51. The first-order chi connectivity index (χ1) is 12.7. The van der Waals surface area contributed by atoms with Gasteiger partial charge in [-0.3, -0.25) is 9.59 Å². The number of nitrogens with zero attached hydrogens (tertiary/aromatic N) is 4. The van der Waals surface area contributed by atoms with Crippen LogP contribution in [-0.4, -0.2) is 44.1 Å². The van der Waals surface area contributed by atoms with Gasteiger partial charge in [-0.05, 0) is 49.2 Å². The number of benzene rings is 1. The minimum atomic E-state index is -0.498. The van der Waals surface area contributed by atoms with Crippen LogP contribution in [0.25, 0.3) is 5.69 Å². The highest BCUT2D eigenvalue weighted by Gasteiger charge is 2.35. The molecule has 0 spiro atoms. The predicted molar refractivity (Wildman–Crippen MR) is 92.8 cm³/mol. The van der Waals surface area contributed by atoms with E-state index in [4.69, 9.17) is 4.42 Å². The molecule has 0 saturated carbocycles. The normalized spacial score (nSPS) is 16.6. The molecule has 1 aromatic carbocycles. The Bertz CT molecular complexity index is 888. The van der Waals surface area contributed by atoms with Crippen molar-refractivity contribution >= 4 is 17.5 Å². The highest BCUT2D eigenvalue weighted by Crippen LogP contribution is 2.22. The van der Waals surface area contributed by atoms with E-state index in [9.17, 15) is 9.59 Å². The van der Waals surface area contributed by atoms with E-state index < -0.39 is 6.04 Å². The molecule has 2 amide bonds. The fourth-order valence-corrected chi connectivity index (χ4v) is 3.09. The van der Waals surface area contributed by atoms with E-state index in [1.807, 2.05) is 12.1 Å². The molecule has 1 fully saturated rings. The van der Waals surface area contributed by atoms with Gasteiger partial charge in [0.1, 0.15) is 18.7 Å². The molecule has 1 saturated heterocycles. The first-order valence-electron chi connectivity index (χ1n) is 8.33. The molecular formula is C18H17N5O3. The molecule has 2 aromatic heterocycles. The third-order valence-electron chi connectivity index (χ3n) is 4.37. The van der Waals surface area contributed by atoms with Crippen LogP contribution in [0.4, 0.5) is 5.69 Å². The molecule has 3 aromatic rings. The number of amides is 2. The molecule has 0 radical (unpaired) electrons. The molecule has 26 heavy (non-hydrogen) atoms. The van der Waals surface area contributed by atoms with Gasteiger partial charge in [-0.25, -0.2) is 9.67 Å². The molecule has 8 heteroatoms. The third-order valence-corrected chi connectivity index (χ3v) is 4.37. The Labute approximate surface area is 149 Å². The van der Waals surface area contributed by atoms with Gasteiger partial charge in [0.15, 0.2) is 5.76 Å². The summed E-state index contributed by atoms with van der Waals surface area (Å²) in [5, 5.41) is 6.94. The number of furan rings is 1. The van der Waals surface area contributed by atoms with Crippen molar-refractivity contribution in [3.8, 4) is 5.69 Å². The Balaban J connectivity index is 1.44.